The molecule has 7 atom stereocenters. The molecule has 4 fully saturated rings. The van der Waals surface area contributed by atoms with Crippen LogP contribution in [0.3, 0.4) is 0 Å². The van der Waals surface area contributed by atoms with Crippen LogP contribution in [-0.4, -0.2) is 49.0 Å². The first kappa shape index (κ1) is 20.5. The van der Waals surface area contributed by atoms with Crippen LogP contribution in [0.25, 0.3) is 10.9 Å². The molecule has 1 spiro atoms. The van der Waals surface area contributed by atoms with E-state index < -0.39 is 0 Å². The van der Waals surface area contributed by atoms with Gasteiger partial charge in [0.25, 0.3) is 0 Å². The monoisotopic (exact) mass is 439 g/mol. The lowest BCUT2D eigenvalue weighted by Crippen LogP contribution is -2.86. The van der Waals surface area contributed by atoms with Gasteiger partial charge in [0.15, 0.2) is 0 Å². The van der Waals surface area contributed by atoms with Crippen molar-refractivity contribution in [1.82, 2.24) is 4.98 Å². The van der Waals surface area contributed by atoms with Gasteiger partial charge in [-0.3, -0.25) is 4.79 Å². The zero-order valence-corrected chi connectivity index (χ0v) is 19.4. The molecule has 2 saturated carbocycles. The maximum Gasteiger partial charge on any atom is 0.315 e. The molecule has 0 amide bonds. The van der Waals surface area contributed by atoms with E-state index in [1.807, 2.05) is 6.07 Å². The number of quaternary nitrogens is 1. The van der Waals surface area contributed by atoms with E-state index in [4.69, 9.17) is 14.2 Å². The predicted octanol–water partition coefficient (Wildman–Crippen LogP) is 2.81. The second-order valence-electron chi connectivity index (χ2n) is 10.8. The van der Waals surface area contributed by atoms with E-state index in [-0.39, 0.29) is 41.0 Å². The van der Waals surface area contributed by atoms with Gasteiger partial charge in [-0.25, -0.2) is 0 Å². The number of ether oxygens (including phenoxy) is 3. The largest absolute Gasteiger partial charge is 0.497 e. The Morgan fingerprint density at radius 2 is 2.22 bits per heavy atom. The summed E-state index contributed by atoms with van der Waals surface area (Å²) in [7, 11) is 1.70. The number of epoxide rings is 1. The number of rotatable bonds is 6. The summed E-state index contributed by atoms with van der Waals surface area (Å²) < 4.78 is 17.9. The molecule has 1 aromatic carbocycles. The van der Waals surface area contributed by atoms with E-state index in [9.17, 15) is 4.79 Å². The van der Waals surface area contributed by atoms with Crippen molar-refractivity contribution in [3.8, 4) is 5.75 Å². The molecule has 6 rings (SSSR count). The summed E-state index contributed by atoms with van der Waals surface area (Å²) in [6.45, 7) is 6.46. The van der Waals surface area contributed by atoms with E-state index in [0.717, 1.165) is 37.2 Å². The second kappa shape index (κ2) is 7.22. The van der Waals surface area contributed by atoms with Crippen LogP contribution in [-0.2, 0) is 20.7 Å². The summed E-state index contributed by atoms with van der Waals surface area (Å²) in [6, 6.07) is 6.13. The highest BCUT2D eigenvalue weighted by Gasteiger charge is 2.78. The first-order valence-electron chi connectivity index (χ1n) is 12.3. The lowest BCUT2D eigenvalue weighted by atomic mass is 9.53. The number of hydrogen-bond donors (Lipinski definition) is 2. The van der Waals surface area contributed by atoms with Crippen LogP contribution < -0.4 is 10.1 Å². The molecule has 2 aliphatic carbocycles. The third-order valence-electron chi connectivity index (χ3n) is 9.21. The van der Waals surface area contributed by atoms with E-state index in [1.165, 1.54) is 30.2 Å². The zero-order valence-electron chi connectivity index (χ0n) is 19.4. The van der Waals surface area contributed by atoms with Crippen LogP contribution in [0.15, 0.2) is 24.4 Å². The number of H-pyrrole nitrogens is 1. The fourth-order valence-corrected chi connectivity index (χ4v) is 7.55. The lowest BCUT2D eigenvalue weighted by Gasteiger charge is -2.48. The van der Waals surface area contributed by atoms with Gasteiger partial charge in [0.1, 0.15) is 23.4 Å². The summed E-state index contributed by atoms with van der Waals surface area (Å²) in [6.07, 6.45) is 7.94. The molecule has 0 bridgehead atoms. The number of nitrogens with one attached hydrogen (secondary N) is 1. The minimum atomic E-state index is -0.0499. The highest BCUT2D eigenvalue weighted by molar-refractivity contribution is 5.84. The van der Waals surface area contributed by atoms with Crippen molar-refractivity contribution < 1.29 is 24.3 Å². The average molecular weight is 440 g/mol. The Labute approximate surface area is 189 Å². The molecule has 1 aromatic heterocycles. The second-order valence-corrected chi connectivity index (χ2v) is 10.8. The van der Waals surface area contributed by atoms with Crippen LogP contribution >= 0.6 is 0 Å². The molecule has 4 aliphatic rings. The third-order valence-corrected chi connectivity index (χ3v) is 9.21. The van der Waals surface area contributed by atoms with Gasteiger partial charge < -0.3 is 24.5 Å². The quantitative estimate of drug-likeness (QED) is 0.412. The molecular formula is C26H35N2O4+. The number of aromatic nitrogens is 1. The van der Waals surface area contributed by atoms with Gasteiger partial charge in [0.2, 0.25) is 0 Å². The van der Waals surface area contributed by atoms with Crippen molar-refractivity contribution >= 4 is 16.9 Å². The number of nitrogens with two attached hydrogens (primary N) is 1. The van der Waals surface area contributed by atoms with Crippen LogP contribution in [0, 0.1) is 23.2 Å². The fourth-order valence-electron chi connectivity index (χ4n) is 7.55. The molecule has 3 N–H and O–H groups in total. The Morgan fingerprint density at radius 3 is 3.06 bits per heavy atom. The van der Waals surface area contributed by atoms with Gasteiger partial charge in [0.05, 0.1) is 26.3 Å². The third kappa shape index (κ3) is 2.81. The first-order valence-corrected chi connectivity index (χ1v) is 12.3. The number of aromatic amines is 1. The molecule has 6 nitrogen and oxygen atoms in total. The predicted molar refractivity (Wildman–Crippen MR) is 120 cm³/mol. The zero-order chi connectivity index (χ0) is 22.1. The maximum atomic E-state index is 12.8. The Bertz CT molecular complexity index is 1050. The molecule has 6 heteroatoms. The lowest BCUT2D eigenvalue weighted by molar-refractivity contribution is -0.658. The molecule has 32 heavy (non-hydrogen) atoms. The normalized spacial score (nSPS) is 39.8. The molecular weight excluding hydrogens is 404 g/mol. The van der Waals surface area contributed by atoms with Crippen molar-refractivity contribution in [2.24, 2.45) is 23.2 Å². The van der Waals surface area contributed by atoms with Crippen molar-refractivity contribution in [2.45, 2.75) is 63.8 Å². The molecule has 172 valence electrons. The molecule has 0 radical (unpaired) electrons. The Hall–Kier alpha value is -2.05. The minimum absolute atomic E-state index is 0.00590. The molecule has 2 aromatic rings. The Balaban J connectivity index is 1.12. The van der Waals surface area contributed by atoms with E-state index >= 15 is 0 Å². The van der Waals surface area contributed by atoms with Crippen LogP contribution in [0.1, 0.15) is 45.1 Å². The van der Waals surface area contributed by atoms with Gasteiger partial charge in [-0.15, -0.1) is 0 Å². The van der Waals surface area contributed by atoms with Gasteiger partial charge in [-0.05, 0) is 48.9 Å². The fraction of sp³-hybridized carbons (Fsp3) is 0.654. The summed E-state index contributed by atoms with van der Waals surface area (Å²) >= 11 is 0. The van der Waals surface area contributed by atoms with Crippen molar-refractivity contribution in [3.63, 3.8) is 0 Å². The van der Waals surface area contributed by atoms with Gasteiger partial charge in [-0.1, -0.05) is 20.3 Å². The summed E-state index contributed by atoms with van der Waals surface area (Å²) in [5.74, 6) is 1.62. The molecule has 7 unspecified atom stereocenters. The SMILES string of the molecule is COc1ccc2[nH]cc(CC[NH2+]CC3C(=O)OC4CC5(C)CCCC(C)C56OC6C43)c2c1. The number of methoxy groups -OCH3 is 1. The molecule has 2 aliphatic heterocycles. The van der Waals surface area contributed by atoms with Crippen LogP contribution in [0.4, 0.5) is 0 Å². The summed E-state index contributed by atoms with van der Waals surface area (Å²) in [5.41, 5.74) is 2.56. The number of carbonyl (C=O) groups excluding carboxylic acids is 1. The minimum Gasteiger partial charge on any atom is -0.497 e. The number of esters is 1. The highest BCUT2D eigenvalue weighted by atomic mass is 16.6. The highest BCUT2D eigenvalue weighted by Crippen LogP contribution is 2.70. The number of carbonyl (C=O) groups is 1. The summed E-state index contributed by atoms with van der Waals surface area (Å²) in [4.78, 5) is 16.2. The average Bonchev–Trinajstić information content (AvgIpc) is 3.31. The first-order chi connectivity index (χ1) is 15.5. The van der Waals surface area contributed by atoms with Crippen LogP contribution in [0.5, 0.6) is 5.75 Å². The van der Waals surface area contributed by atoms with E-state index in [1.54, 1.807) is 7.11 Å². The van der Waals surface area contributed by atoms with Crippen molar-refractivity contribution in [2.75, 3.05) is 20.2 Å². The molecule has 2 saturated heterocycles. The Morgan fingerprint density at radius 1 is 1.34 bits per heavy atom. The topological polar surface area (TPSA) is 80.5 Å². The van der Waals surface area contributed by atoms with Gasteiger partial charge >= 0.3 is 5.97 Å². The number of benzene rings is 1. The van der Waals surface area contributed by atoms with Crippen molar-refractivity contribution in [1.29, 1.82) is 0 Å². The maximum absolute atomic E-state index is 12.8. The van der Waals surface area contributed by atoms with Gasteiger partial charge in [0, 0.05) is 34.9 Å². The number of hydrogen-bond acceptors (Lipinski definition) is 4. The standard InChI is InChI=1S/C26H34N2O4/c1-15-5-4-9-25(2)12-21-22(23-26(15,25)32-23)19(24(29)31-21)14-27-10-8-16-13-28-20-7-6-17(30-3)11-18(16)20/h6-7,11,13,15,19,21-23,27-28H,4-5,8-10,12,14H2,1-3H3/p+1. The van der Waals surface area contributed by atoms with E-state index in [0.29, 0.717) is 5.92 Å². The smallest absolute Gasteiger partial charge is 0.315 e. The van der Waals surface area contributed by atoms with Crippen molar-refractivity contribution in [3.05, 3.63) is 30.0 Å². The Kier molecular flexibility index (Phi) is 4.64. The van der Waals surface area contributed by atoms with Crippen LogP contribution in [0.2, 0.25) is 0 Å². The van der Waals surface area contributed by atoms with E-state index in [2.05, 4.69) is 42.5 Å². The summed E-state index contributed by atoms with van der Waals surface area (Å²) in [5, 5.41) is 3.50. The number of fused-ring (bicyclic) bond motifs is 3. The van der Waals surface area contributed by atoms with Gasteiger partial charge in [-0.2, -0.15) is 0 Å². The molecule has 3 heterocycles.